The molecule has 1 atom stereocenters. The highest BCUT2D eigenvalue weighted by atomic mass is 16.1. The van der Waals surface area contributed by atoms with E-state index in [-0.39, 0.29) is 18.5 Å². The molecule has 1 amide bonds. The smallest absolute Gasteiger partial charge is 0.231 e. The quantitative estimate of drug-likeness (QED) is 0.866. The van der Waals surface area contributed by atoms with Gasteiger partial charge >= 0.3 is 0 Å². The molecular formula is C18H24N6O. The Labute approximate surface area is 147 Å². The number of pyridine rings is 1. The second kappa shape index (κ2) is 7.57. The third-order valence-electron chi connectivity index (χ3n) is 4.32. The fraction of sp³-hybridized carbons (Fsp3) is 0.444. The lowest BCUT2D eigenvalue weighted by Crippen LogP contribution is -2.40. The monoisotopic (exact) mass is 340 g/mol. The molecule has 1 saturated heterocycles. The number of hydrogen-bond donors (Lipinski definition) is 2. The first-order chi connectivity index (χ1) is 12.0. The van der Waals surface area contributed by atoms with E-state index in [0.717, 1.165) is 43.0 Å². The fourth-order valence-corrected chi connectivity index (χ4v) is 3.28. The van der Waals surface area contributed by atoms with Crippen LogP contribution in [-0.2, 0) is 4.79 Å². The maximum atomic E-state index is 11.4. The average molecular weight is 340 g/mol. The van der Waals surface area contributed by atoms with E-state index in [1.807, 2.05) is 38.1 Å². The van der Waals surface area contributed by atoms with E-state index in [2.05, 4.69) is 25.2 Å². The van der Waals surface area contributed by atoms with Crippen molar-refractivity contribution in [1.29, 1.82) is 0 Å². The van der Waals surface area contributed by atoms with Crippen molar-refractivity contribution in [2.75, 3.05) is 18.4 Å². The summed E-state index contributed by atoms with van der Waals surface area (Å²) in [5, 5.41) is 3.25. The normalized spacial score (nSPS) is 18.1. The molecule has 1 fully saturated rings. The van der Waals surface area contributed by atoms with E-state index in [4.69, 9.17) is 5.73 Å². The number of likely N-dealkylation sites (tertiary alicyclic amines) is 1. The standard InChI is InChI=1S/C18H24N6O/c1-12-6-5-8-17(20-12)23-18-10-14(21-13(2)22-18)15-7-3-4-9-24(15)11-16(19)25/h5-6,8,10,15H,3-4,7,9,11H2,1-2H3,(H2,19,25)(H,20,21,22,23)/t15-/m1/s1. The van der Waals surface area contributed by atoms with E-state index in [9.17, 15) is 4.79 Å². The van der Waals surface area contributed by atoms with E-state index in [1.165, 1.54) is 0 Å². The Hall–Kier alpha value is -2.54. The summed E-state index contributed by atoms with van der Waals surface area (Å²) >= 11 is 0. The minimum atomic E-state index is -0.306. The molecule has 0 unspecified atom stereocenters. The Morgan fingerprint density at radius 2 is 2.08 bits per heavy atom. The molecule has 132 valence electrons. The highest BCUT2D eigenvalue weighted by Gasteiger charge is 2.26. The van der Waals surface area contributed by atoms with Crippen LogP contribution in [0.5, 0.6) is 0 Å². The van der Waals surface area contributed by atoms with Crippen molar-refractivity contribution in [3.63, 3.8) is 0 Å². The molecule has 2 aromatic rings. The highest BCUT2D eigenvalue weighted by Crippen LogP contribution is 2.30. The van der Waals surface area contributed by atoms with E-state index in [0.29, 0.717) is 11.6 Å². The summed E-state index contributed by atoms with van der Waals surface area (Å²) < 4.78 is 0. The lowest BCUT2D eigenvalue weighted by Gasteiger charge is -2.34. The summed E-state index contributed by atoms with van der Waals surface area (Å²) in [6, 6.07) is 7.85. The number of primary amides is 1. The van der Waals surface area contributed by atoms with E-state index >= 15 is 0 Å². The second-order valence-electron chi connectivity index (χ2n) is 6.46. The maximum absolute atomic E-state index is 11.4. The SMILES string of the molecule is Cc1cccc(Nc2cc([C@H]3CCCCN3CC(N)=O)nc(C)n2)n1. The molecule has 1 aliphatic heterocycles. The number of piperidine rings is 1. The van der Waals surface area contributed by atoms with Crippen molar-refractivity contribution in [2.24, 2.45) is 5.73 Å². The van der Waals surface area contributed by atoms with Gasteiger partial charge in [0, 0.05) is 11.8 Å². The molecular weight excluding hydrogens is 316 g/mol. The molecule has 0 radical (unpaired) electrons. The highest BCUT2D eigenvalue weighted by molar-refractivity contribution is 5.76. The number of nitrogens with one attached hydrogen (secondary N) is 1. The maximum Gasteiger partial charge on any atom is 0.231 e. The lowest BCUT2D eigenvalue weighted by molar-refractivity contribution is -0.120. The number of rotatable bonds is 5. The minimum absolute atomic E-state index is 0.0916. The fourth-order valence-electron chi connectivity index (χ4n) is 3.28. The van der Waals surface area contributed by atoms with Crippen molar-refractivity contribution in [1.82, 2.24) is 19.9 Å². The topological polar surface area (TPSA) is 97.0 Å². The lowest BCUT2D eigenvalue weighted by atomic mass is 9.99. The van der Waals surface area contributed by atoms with Gasteiger partial charge in [0.25, 0.3) is 0 Å². The van der Waals surface area contributed by atoms with Crippen LogP contribution in [0.2, 0.25) is 0 Å². The molecule has 0 spiro atoms. The molecule has 0 aromatic carbocycles. The van der Waals surface area contributed by atoms with Gasteiger partial charge in [-0.1, -0.05) is 12.5 Å². The van der Waals surface area contributed by atoms with Gasteiger partial charge in [0.05, 0.1) is 18.3 Å². The number of anilines is 2. The van der Waals surface area contributed by atoms with Crippen LogP contribution in [0.15, 0.2) is 24.3 Å². The first kappa shape index (κ1) is 17.3. The van der Waals surface area contributed by atoms with Gasteiger partial charge in [-0.25, -0.2) is 15.0 Å². The molecule has 25 heavy (non-hydrogen) atoms. The summed E-state index contributed by atoms with van der Waals surface area (Å²) in [5.41, 5.74) is 7.27. The Kier molecular flexibility index (Phi) is 5.23. The van der Waals surface area contributed by atoms with Crippen molar-refractivity contribution >= 4 is 17.5 Å². The van der Waals surface area contributed by atoms with Crippen molar-refractivity contribution < 1.29 is 4.79 Å². The Balaban J connectivity index is 1.86. The van der Waals surface area contributed by atoms with Gasteiger partial charge in [0.1, 0.15) is 17.5 Å². The number of amides is 1. The first-order valence-electron chi connectivity index (χ1n) is 8.60. The van der Waals surface area contributed by atoms with Crippen LogP contribution in [-0.4, -0.2) is 38.8 Å². The molecule has 2 aromatic heterocycles. The van der Waals surface area contributed by atoms with Gasteiger partial charge in [-0.3, -0.25) is 9.69 Å². The minimum Gasteiger partial charge on any atom is -0.369 e. The Bertz CT molecular complexity index is 763. The third-order valence-corrected chi connectivity index (χ3v) is 4.32. The summed E-state index contributed by atoms with van der Waals surface area (Å²) in [6.07, 6.45) is 3.16. The van der Waals surface area contributed by atoms with Crippen LogP contribution < -0.4 is 11.1 Å². The van der Waals surface area contributed by atoms with Crippen LogP contribution in [0.4, 0.5) is 11.6 Å². The molecule has 3 heterocycles. The van der Waals surface area contributed by atoms with Gasteiger partial charge < -0.3 is 11.1 Å². The zero-order valence-electron chi connectivity index (χ0n) is 14.7. The van der Waals surface area contributed by atoms with Crippen LogP contribution in [0.25, 0.3) is 0 Å². The summed E-state index contributed by atoms with van der Waals surface area (Å²) in [4.78, 5) is 27.0. The zero-order valence-corrected chi connectivity index (χ0v) is 14.7. The number of nitrogens with zero attached hydrogens (tertiary/aromatic N) is 4. The van der Waals surface area contributed by atoms with Gasteiger partial charge in [-0.2, -0.15) is 0 Å². The van der Waals surface area contributed by atoms with Crippen molar-refractivity contribution in [3.8, 4) is 0 Å². The van der Waals surface area contributed by atoms with Crippen molar-refractivity contribution in [3.05, 3.63) is 41.5 Å². The molecule has 7 heteroatoms. The summed E-state index contributed by atoms with van der Waals surface area (Å²) in [6.45, 7) is 4.94. The van der Waals surface area contributed by atoms with Crippen molar-refractivity contribution in [2.45, 2.75) is 39.2 Å². The number of carbonyl (C=O) groups excluding carboxylic acids is 1. The van der Waals surface area contributed by atoms with Crippen LogP contribution in [0.1, 0.15) is 42.5 Å². The largest absolute Gasteiger partial charge is 0.369 e. The van der Waals surface area contributed by atoms with E-state index < -0.39 is 0 Å². The molecule has 0 aliphatic carbocycles. The molecule has 0 bridgehead atoms. The van der Waals surface area contributed by atoms with Gasteiger partial charge in [0.15, 0.2) is 0 Å². The third kappa shape index (κ3) is 4.51. The Morgan fingerprint density at radius 1 is 1.24 bits per heavy atom. The summed E-state index contributed by atoms with van der Waals surface area (Å²) in [5.74, 6) is 1.85. The van der Waals surface area contributed by atoms with Crippen LogP contribution in [0.3, 0.4) is 0 Å². The number of aromatic nitrogens is 3. The van der Waals surface area contributed by atoms with Gasteiger partial charge in [0.2, 0.25) is 5.91 Å². The predicted octanol–water partition coefficient (Wildman–Crippen LogP) is 2.24. The number of aryl methyl sites for hydroxylation is 2. The van der Waals surface area contributed by atoms with Gasteiger partial charge in [-0.05, 0) is 45.4 Å². The van der Waals surface area contributed by atoms with Crippen LogP contribution >= 0.6 is 0 Å². The number of carbonyl (C=O) groups is 1. The number of hydrogen-bond acceptors (Lipinski definition) is 6. The average Bonchev–Trinajstić information content (AvgIpc) is 2.54. The van der Waals surface area contributed by atoms with E-state index in [1.54, 1.807) is 0 Å². The zero-order chi connectivity index (χ0) is 17.8. The molecule has 0 saturated carbocycles. The molecule has 1 aliphatic rings. The van der Waals surface area contributed by atoms with Gasteiger partial charge in [-0.15, -0.1) is 0 Å². The molecule has 7 nitrogen and oxygen atoms in total. The molecule has 3 N–H and O–H groups in total. The number of nitrogens with two attached hydrogens (primary N) is 1. The molecule has 3 rings (SSSR count). The second-order valence-corrected chi connectivity index (χ2v) is 6.46. The summed E-state index contributed by atoms with van der Waals surface area (Å²) in [7, 11) is 0. The predicted molar refractivity (Wildman–Crippen MR) is 96.4 cm³/mol. The van der Waals surface area contributed by atoms with Crippen LogP contribution in [0, 0.1) is 13.8 Å². The Morgan fingerprint density at radius 3 is 2.84 bits per heavy atom. The first-order valence-corrected chi connectivity index (χ1v) is 8.60.